The summed E-state index contributed by atoms with van der Waals surface area (Å²) < 4.78 is 10.2. The minimum Gasteiger partial charge on any atom is -0.360 e. The zero-order chi connectivity index (χ0) is 5.21. The highest BCUT2D eigenvalue weighted by atomic mass is 32.2. The van der Waals surface area contributed by atoms with Crippen molar-refractivity contribution in [3.8, 4) is 0 Å². The molecule has 6 heavy (non-hydrogen) atoms. The maximum atomic E-state index is 10.2. The van der Waals surface area contributed by atoms with Crippen molar-refractivity contribution in [2.45, 2.75) is 0 Å². The van der Waals surface area contributed by atoms with Crippen molar-refractivity contribution in [2.75, 3.05) is 12.5 Å². The predicted octanol–water partition coefficient (Wildman–Crippen LogP) is -0.152. The lowest BCUT2D eigenvalue weighted by Gasteiger charge is -1.83. The molecule has 0 atom stereocenters. The van der Waals surface area contributed by atoms with Gasteiger partial charge in [-0.05, 0) is 9.52 Å². The molecule has 0 heterocycles. The molecule has 2 nitrogen and oxygen atoms in total. The Labute approximate surface area is 37.8 Å². The second kappa shape index (κ2) is 1.62. The first-order valence-corrected chi connectivity index (χ1v) is 3.91. The first-order chi connectivity index (χ1) is 2.56. The summed E-state index contributed by atoms with van der Waals surface area (Å²) in [6.07, 6.45) is 2.93. The molecule has 0 spiro atoms. The molecule has 0 amide bonds. The Morgan fingerprint density at radius 1 is 1.67 bits per heavy atom. The molecule has 0 rings (SSSR count). The van der Waals surface area contributed by atoms with Gasteiger partial charge >= 0.3 is 0 Å². The topological polar surface area (TPSA) is 37.3 Å². The molecule has 0 fully saturated rings. The van der Waals surface area contributed by atoms with Crippen molar-refractivity contribution in [1.29, 1.82) is 0 Å². The Balaban J connectivity index is 4.24. The van der Waals surface area contributed by atoms with Crippen LogP contribution in [0.5, 0.6) is 0 Å². The highest BCUT2D eigenvalue weighted by Gasteiger charge is 1.78. The van der Waals surface area contributed by atoms with E-state index in [1.165, 1.54) is 12.5 Å². The molecule has 0 aromatic carbocycles. The minimum absolute atomic E-state index is 0.715. The molecular weight excluding hydrogens is 100 g/mol. The largest absolute Gasteiger partial charge is 0.360 e. The molecule has 0 saturated heterocycles. The molecule has 1 N–H and O–H groups in total. The van der Waals surface area contributed by atoms with Crippen LogP contribution in [0.15, 0.2) is 0 Å². The van der Waals surface area contributed by atoms with E-state index in [0.717, 1.165) is 0 Å². The number of aliphatic hydroxyl groups is 1. The van der Waals surface area contributed by atoms with E-state index in [1.807, 2.05) is 0 Å². The lowest BCUT2D eigenvalue weighted by Crippen LogP contribution is -1.94. The van der Waals surface area contributed by atoms with Crippen LogP contribution in [0.2, 0.25) is 0 Å². The fraction of sp³-hybridized carbons (Fsp3) is 0.667. The van der Waals surface area contributed by atoms with Crippen LogP contribution in [0.25, 0.3) is 0 Å². The van der Waals surface area contributed by atoms with E-state index in [-0.39, 0.29) is 0 Å². The summed E-state index contributed by atoms with van der Waals surface area (Å²) in [7, 11) is -1.98. The van der Waals surface area contributed by atoms with Gasteiger partial charge in [-0.15, -0.1) is 0 Å². The van der Waals surface area contributed by atoms with E-state index >= 15 is 0 Å². The van der Waals surface area contributed by atoms with Crippen LogP contribution in [0.3, 0.4) is 0 Å². The summed E-state index contributed by atoms with van der Waals surface area (Å²) in [6.45, 7) is 0. The van der Waals surface area contributed by atoms with E-state index in [1.54, 1.807) is 0 Å². The number of rotatable bonds is 0. The van der Waals surface area contributed by atoms with Crippen LogP contribution in [-0.4, -0.2) is 27.4 Å². The summed E-state index contributed by atoms with van der Waals surface area (Å²) in [4.78, 5) is 0. The standard InChI is InChI=1S/C3H8O2S/c1-6(2,5)3-4/h3-4H,1-2H3. The summed E-state index contributed by atoms with van der Waals surface area (Å²) in [5.74, 6) is 0. The monoisotopic (exact) mass is 108 g/mol. The van der Waals surface area contributed by atoms with Gasteiger partial charge in [-0.2, -0.15) is 0 Å². The van der Waals surface area contributed by atoms with E-state index < -0.39 is 9.52 Å². The highest BCUT2D eigenvalue weighted by molar-refractivity contribution is 7.99. The van der Waals surface area contributed by atoms with Gasteiger partial charge in [-0.1, -0.05) is 0 Å². The van der Waals surface area contributed by atoms with Crippen LogP contribution in [0, 0.1) is 0 Å². The van der Waals surface area contributed by atoms with Crippen molar-refractivity contribution in [3.05, 3.63) is 0 Å². The molecule has 0 aliphatic carbocycles. The molecule has 0 aromatic heterocycles. The van der Waals surface area contributed by atoms with Crippen molar-refractivity contribution < 1.29 is 9.32 Å². The quantitative estimate of drug-likeness (QED) is 0.438. The maximum absolute atomic E-state index is 10.2. The fourth-order valence-electron chi connectivity index (χ4n) is 0. The van der Waals surface area contributed by atoms with E-state index in [0.29, 0.717) is 5.55 Å². The predicted molar refractivity (Wildman–Crippen MR) is 28.7 cm³/mol. The van der Waals surface area contributed by atoms with Crippen molar-refractivity contribution in [3.63, 3.8) is 0 Å². The molecule has 0 aromatic rings. The van der Waals surface area contributed by atoms with Crippen LogP contribution in [-0.2, 0) is 9.52 Å². The molecule has 0 radical (unpaired) electrons. The molecule has 0 unspecified atom stereocenters. The molecule has 0 aliphatic heterocycles. The zero-order valence-corrected chi connectivity index (χ0v) is 4.66. The number of hydrogen-bond donors (Lipinski definition) is 1. The molecule has 0 bridgehead atoms. The summed E-state index contributed by atoms with van der Waals surface area (Å²) in [5, 5.41) is 8.00. The van der Waals surface area contributed by atoms with E-state index in [9.17, 15) is 4.21 Å². The Kier molecular flexibility index (Phi) is 1.61. The molecule has 0 aliphatic rings. The van der Waals surface area contributed by atoms with Crippen molar-refractivity contribution >= 4 is 15.1 Å². The van der Waals surface area contributed by atoms with Crippen molar-refractivity contribution in [2.24, 2.45) is 0 Å². The third-order valence-electron chi connectivity index (χ3n) is 0.254. The number of hydrogen-bond acceptors (Lipinski definition) is 1. The second-order valence-electron chi connectivity index (χ2n) is 1.41. The first-order valence-electron chi connectivity index (χ1n) is 1.48. The number of aliphatic hydroxyl groups excluding tert-OH is 1. The molecule has 0 saturated carbocycles. The summed E-state index contributed by atoms with van der Waals surface area (Å²) in [5.41, 5.74) is 0.715. The van der Waals surface area contributed by atoms with Crippen molar-refractivity contribution in [1.82, 2.24) is 0 Å². The average Bonchev–Trinajstić information content (AvgIpc) is 1.35. The summed E-state index contributed by atoms with van der Waals surface area (Å²) >= 11 is 0. The van der Waals surface area contributed by atoms with Crippen LogP contribution in [0.1, 0.15) is 0 Å². The smallest absolute Gasteiger partial charge is 0.0869 e. The lowest BCUT2D eigenvalue weighted by molar-refractivity contribution is 0.589. The zero-order valence-electron chi connectivity index (χ0n) is 3.84. The first kappa shape index (κ1) is 5.98. The van der Waals surface area contributed by atoms with Gasteiger partial charge in [0.2, 0.25) is 0 Å². The second-order valence-corrected chi connectivity index (χ2v) is 4.24. The minimum atomic E-state index is -1.98. The lowest BCUT2D eigenvalue weighted by atomic mass is 11.7. The summed E-state index contributed by atoms with van der Waals surface area (Å²) in [6, 6.07) is 0. The molecule has 3 heteroatoms. The van der Waals surface area contributed by atoms with E-state index in [4.69, 9.17) is 5.11 Å². The van der Waals surface area contributed by atoms with Gasteiger partial charge in [0.25, 0.3) is 0 Å². The van der Waals surface area contributed by atoms with Gasteiger partial charge in [0.05, 0.1) is 5.55 Å². The third-order valence-corrected chi connectivity index (χ3v) is 0.762. The van der Waals surface area contributed by atoms with Crippen LogP contribution >= 0.6 is 0 Å². The van der Waals surface area contributed by atoms with Gasteiger partial charge in [-0.3, -0.25) is 4.21 Å². The SMILES string of the molecule is CS(C)(=O)=CO. The van der Waals surface area contributed by atoms with E-state index in [2.05, 4.69) is 0 Å². The van der Waals surface area contributed by atoms with Gasteiger partial charge < -0.3 is 5.11 Å². The van der Waals surface area contributed by atoms with Crippen LogP contribution < -0.4 is 0 Å². The highest BCUT2D eigenvalue weighted by Crippen LogP contribution is 1.67. The fourth-order valence-corrected chi connectivity index (χ4v) is 0. The Hall–Kier alpha value is -0.0200. The average molecular weight is 108 g/mol. The van der Waals surface area contributed by atoms with Crippen LogP contribution in [0.4, 0.5) is 0 Å². The van der Waals surface area contributed by atoms with Gasteiger partial charge in [0.1, 0.15) is 0 Å². The Morgan fingerprint density at radius 3 is 1.83 bits per heavy atom. The van der Waals surface area contributed by atoms with Gasteiger partial charge in [0, 0.05) is 12.5 Å². The van der Waals surface area contributed by atoms with Gasteiger partial charge in [-0.25, -0.2) is 0 Å². The maximum Gasteiger partial charge on any atom is 0.0869 e. The normalized spacial score (nSPS) is 11.2. The molecule has 38 valence electrons. The third kappa shape index (κ3) is 3.98. The van der Waals surface area contributed by atoms with Gasteiger partial charge in [0.15, 0.2) is 0 Å². The Bertz CT molecular complexity index is 122. The Morgan fingerprint density at radius 2 is 1.83 bits per heavy atom. The molecular formula is C3H8O2S.